The van der Waals surface area contributed by atoms with Crippen LogP contribution in [0.4, 0.5) is 0 Å². The molecule has 2 unspecified atom stereocenters. The maximum Gasteiger partial charge on any atom is 0.349 e. The number of carbonyl (C=O) groups is 1. The molecule has 0 aliphatic carbocycles. The zero-order chi connectivity index (χ0) is 20.6. The highest BCUT2D eigenvalue weighted by atomic mass is 127. The van der Waals surface area contributed by atoms with E-state index >= 15 is 0 Å². The summed E-state index contributed by atoms with van der Waals surface area (Å²) in [5.41, 5.74) is -1.85. The molecule has 5 nitrogen and oxygen atoms in total. The van der Waals surface area contributed by atoms with Gasteiger partial charge in [0.25, 0.3) is 0 Å². The molecule has 3 fully saturated rings. The molecule has 8 heteroatoms. The predicted octanol–water partition coefficient (Wildman–Crippen LogP) is -0.650. The van der Waals surface area contributed by atoms with Crippen molar-refractivity contribution in [2.24, 2.45) is 0 Å². The van der Waals surface area contributed by atoms with Crippen LogP contribution >= 0.6 is 22.7 Å². The first-order valence-corrected chi connectivity index (χ1v) is 10.5. The number of hydrogen-bond donors (Lipinski definition) is 1. The summed E-state index contributed by atoms with van der Waals surface area (Å²) in [6.07, 6.45) is 0.242. The highest BCUT2D eigenvalue weighted by Gasteiger charge is 2.71. The summed E-state index contributed by atoms with van der Waals surface area (Å²) in [5.74, 6) is -0.702. The maximum absolute atomic E-state index is 13.2. The van der Waals surface area contributed by atoms with E-state index in [-0.39, 0.29) is 52.8 Å². The molecular formula is C19H22INO4S2. The van der Waals surface area contributed by atoms with Gasteiger partial charge in [0.05, 0.1) is 27.9 Å². The fourth-order valence-electron chi connectivity index (χ4n) is 4.58. The van der Waals surface area contributed by atoms with Crippen molar-refractivity contribution in [1.82, 2.24) is 0 Å². The SMILES string of the molecule is [2H]C([2H])([2H])[N+]1(C)[C@@H]2CC(OC(=O)C(O)(c3cccs3)c3cccs3)C[C@H]1[C@@H]1O[C@@H]12.[I-]. The first-order chi connectivity index (χ1) is 13.7. The Hall–Kier alpha value is -0.520. The fraction of sp³-hybridized carbons (Fsp3) is 0.526. The van der Waals surface area contributed by atoms with Gasteiger partial charge in [-0.2, -0.15) is 0 Å². The number of halogens is 1. The van der Waals surface area contributed by atoms with Crippen molar-refractivity contribution in [3.63, 3.8) is 0 Å². The monoisotopic (exact) mass is 522 g/mol. The van der Waals surface area contributed by atoms with Crippen molar-refractivity contribution in [2.75, 3.05) is 14.0 Å². The van der Waals surface area contributed by atoms with Gasteiger partial charge in [0.2, 0.25) is 5.60 Å². The first kappa shape index (κ1) is 16.3. The van der Waals surface area contributed by atoms with E-state index in [1.807, 2.05) is 10.8 Å². The molecule has 0 spiro atoms. The van der Waals surface area contributed by atoms with E-state index in [2.05, 4.69) is 0 Å². The number of carbonyl (C=O) groups excluding carboxylic acids is 1. The minimum absolute atomic E-state index is 0. The number of fused-ring (bicyclic) bond motifs is 5. The highest BCUT2D eigenvalue weighted by molar-refractivity contribution is 7.12. The summed E-state index contributed by atoms with van der Waals surface area (Å²) in [4.78, 5) is 14.2. The molecule has 0 aromatic carbocycles. The zero-order valence-electron chi connectivity index (χ0n) is 17.6. The van der Waals surface area contributed by atoms with Gasteiger partial charge >= 0.3 is 5.97 Å². The largest absolute Gasteiger partial charge is 1.00 e. The maximum atomic E-state index is 13.2. The van der Waals surface area contributed by atoms with Gasteiger partial charge < -0.3 is 43.0 Å². The van der Waals surface area contributed by atoms with E-state index in [0.717, 1.165) is 0 Å². The number of morpholine rings is 1. The molecule has 5 heterocycles. The molecule has 2 bridgehead atoms. The average molecular weight is 522 g/mol. The van der Waals surface area contributed by atoms with Crippen LogP contribution in [0.15, 0.2) is 35.0 Å². The number of epoxide rings is 1. The number of thiophene rings is 2. The van der Waals surface area contributed by atoms with Gasteiger partial charge in [-0.3, -0.25) is 0 Å². The zero-order valence-corrected chi connectivity index (χ0v) is 18.4. The third-order valence-electron chi connectivity index (χ3n) is 6.03. The Kier molecular flexibility index (Phi) is 4.09. The number of esters is 1. The second-order valence-electron chi connectivity index (χ2n) is 7.51. The van der Waals surface area contributed by atoms with E-state index in [1.54, 1.807) is 31.3 Å². The molecule has 27 heavy (non-hydrogen) atoms. The van der Waals surface area contributed by atoms with Crippen LogP contribution in [0.1, 0.15) is 26.7 Å². The standard InChI is InChI=1S/C19H22NO4S2.HI/c1-20(2)12-9-11(10-13(20)17-16(12)24-17)23-18(21)19(22,14-5-3-7-25-14)15-6-4-8-26-15;/h3-8,11-13,16-17,22H,9-10H2,1-2H3;1H/q+1;/p-1/t11?,12-,13+,16-,17+;/i1D3;/t11?,12-,13+,16-,17+,20?;. The molecule has 6 atom stereocenters. The highest BCUT2D eigenvalue weighted by Crippen LogP contribution is 2.52. The van der Waals surface area contributed by atoms with Gasteiger partial charge in [-0.1, -0.05) is 12.1 Å². The third kappa shape index (κ3) is 2.91. The lowest BCUT2D eigenvalue weighted by atomic mass is 9.95. The molecule has 0 radical (unpaired) electrons. The van der Waals surface area contributed by atoms with Crippen LogP contribution in [-0.2, 0) is 19.9 Å². The van der Waals surface area contributed by atoms with Crippen LogP contribution in [-0.4, -0.2) is 60.0 Å². The number of aliphatic hydroxyl groups is 1. The smallest absolute Gasteiger partial charge is 0.349 e. The predicted molar refractivity (Wildman–Crippen MR) is 99.1 cm³/mol. The number of ether oxygens (including phenoxy) is 2. The normalized spacial score (nSPS) is 38.7. The van der Waals surface area contributed by atoms with Gasteiger partial charge in [0, 0.05) is 12.8 Å². The van der Waals surface area contributed by atoms with Gasteiger partial charge in [-0.15, -0.1) is 22.7 Å². The van der Waals surface area contributed by atoms with E-state index < -0.39 is 24.7 Å². The van der Waals surface area contributed by atoms with Crippen molar-refractivity contribution in [2.45, 2.75) is 48.8 Å². The lowest BCUT2D eigenvalue weighted by molar-refractivity contribution is -0.938. The second-order valence-corrected chi connectivity index (χ2v) is 9.41. The van der Waals surface area contributed by atoms with Crippen molar-refractivity contribution in [3.8, 4) is 0 Å². The fourth-order valence-corrected chi connectivity index (χ4v) is 6.29. The number of piperidine rings is 1. The quantitative estimate of drug-likeness (QED) is 0.251. The molecule has 3 aliphatic rings. The van der Waals surface area contributed by atoms with Crippen LogP contribution in [0.3, 0.4) is 0 Å². The number of likely N-dealkylation sites (N-methyl/N-ethyl adjacent to an activating group) is 1. The minimum Gasteiger partial charge on any atom is -1.00 e. The summed E-state index contributed by atoms with van der Waals surface area (Å²) < 4.78 is 35.6. The lowest BCUT2D eigenvalue weighted by Gasteiger charge is -2.45. The molecule has 2 aromatic heterocycles. The number of nitrogens with zero attached hydrogens (tertiary/aromatic N) is 1. The summed E-state index contributed by atoms with van der Waals surface area (Å²) in [5, 5.41) is 15.0. The third-order valence-corrected chi connectivity index (χ3v) is 7.99. The van der Waals surface area contributed by atoms with Crippen LogP contribution in [0, 0.1) is 0 Å². The van der Waals surface area contributed by atoms with Crippen LogP contribution in [0.25, 0.3) is 0 Å². The molecule has 3 saturated heterocycles. The van der Waals surface area contributed by atoms with Crippen molar-refractivity contribution in [1.29, 1.82) is 0 Å². The Morgan fingerprint density at radius 2 is 1.81 bits per heavy atom. The van der Waals surface area contributed by atoms with Crippen molar-refractivity contribution in [3.05, 3.63) is 44.8 Å². The number of quaternary nitrogens is 1. The van der Waals surface area contributed by atoms with E-state index in [1.165, 1.54) is 22.7 Å². The molecule has 1 N–H and O–H groups in total. The molecular weight excluding hydrogens is 497 g/mol. The van der Waals surface area contributed by atoms with E-state index in [9.17, 15) is 9.90 Å². The lowest BCUT2D eigenvalue weighted by Crippen LogP contribution is -3.00. The Balaban J connectivity index is 0.00000218. The first-order valence-electron chi connectivity index (χ1n) is 10.2. The van der Waals surface area contributed by atoms with Crippen molar-refractivity contribution >= 4 is 28.6 Å². The van der Waals surface area contributed by atoms with E-state index in [0.29, 0.717) is 22.6 Å². The number of rotatable bonds is 4. The van der Waals surface area contributed by atoms with Crippen LogP contribution in [0.2, 0.25) is 0 Å². The van der Waals surface area contributed by atoms with Gasteiger partial charge in [0.1, 0.15) is 30.4 Å². The number of hydrogen-bond acceptors (Lipinski definition) is 6. The molecule has 5 rings (SSSR count). The van der Waals surface area contributed by atoms with Gasteiger partial charge in [-0.25, -0.2) is 4.79 Å². The molecule has 0 saturated carbocycles. The van der Waals surface area contributed by atoms with Crippen LogP contribution in [0.5, 0.6) is 0 Å². The minimum atomic E-state index is -2.14. The second kappa shape index (κ2) is 6.77. The summed E-state index contributed by atoms with van der Waals surface area (Å²) in [7, 11) is 1.77. The van der Waals surface area contributed by atoms with Gasteiger partial charge in [-0.05, 0) is 22.9 Å². The Bertz CT molecular complexity index is 869. The molecule has 146 valence electrons. The molecule has 2 aromatic rings. The Morgan fingerprint density at radius 3 is 2.26 bits per heavy atom. The molecule has 0 amide bonds. The van der Waals surface area contributed by atoms with Crippen molar-refractivity contribution < 1.29 is 51.9 Å². The van der Waals surface area contributed by atoms with Gasteiger partial charge in [0.15, 0.2) is 0 Å². The topological polar surface area (TPSA) is 59.1 Å². The molecule has 3 aliphatic heterocycles. The summed E-state index contributed by atoms with van der Waals surface area (Å²) >= 11 is 2.60. The summed E-state index contributed by atoms with van der Waals surface area (Å²) in [6, 6.07) is 6.55. The van der Waals surface area contributed by atoms with Crippen LogP contribution < -0.4 is 24.0 Å². The Morgan fingerprint density at radius 1 is 1.26 bits per heavy atom. The average Bonchev–Trinajstić information content (AvgIpc) is 3.04. The summed E-state index contributed by atoms with van der Waals surface area (Å²) in [6.45, 7) is -2.14. The van der Waals surface area contributed by atoms with E-state index in [4.69, 9.17) is 13.6 Å². The Labute approximate surface area is 187 Å².